The summed E-state index contributed by atoms with van der Waals surface area (Å²) in [6, 6.07) is 8.56. The van der Waals surface area contributed by atoms with Gasteiger partial charge in [-0.25, -0.2) is 13.5 Å². The first kappa shape index (κ1) is 21.7. The zero-order valence-electron chi connectivity index (χ0n) is 18.4. The maximum absolute atomic E-state index is 13.7. The molecule has 1 saturated heterocycles. The summed E-state index contributed by atoms with van der Waals surface area (Å²) in [7, 11) is 4.03. The number of anilines is 1. The molecule has 1 fully saturated rings. The van der Waals surface area contributed by atoms with Crippen LogP contribution in [0.25, 0.3) is 0 Å². The van der Waals surface area contributed by atoms with E-state index in [-0.39, 0.29) is 17.9 Å². The Labute approximate surface area is 182 Å². The van der Waals surface area contributed by atoms with Crippen LogP contribution in [0.5, 0.6) is 0 Å². The molecular formula is C23H31F2N5O. The van der Waals surface area contributed by atoms with E-state index >= 15 is 0 Å². The van der Waals surface area contributed by atoms with E-state index < -0.39 is 12.5 Å². The van der Waals surface area contributed by atoms with Crippen LogP contribution < -0.4 is 5.32 Å². The summed E-state index contributed by atoms with van der Waals surface area (Å²) in [6.07, 6.45) is -0.348. The number of hydrogen-bond acceptors (Lipinski definition) is 4. The number of alkyl halides is 2. The maximum atomic E-state index is 13.7. The third-order valence-electron chi connectivity index (χ3n) is 6.31. The zero-order chi connectivity index (χ0) is 22.1. The number of likely N-dealkylation sites (tertiary alicyclic amines) is 1. The summed E-state index contributed by atoms with van der Waals surface area (Å²) in [4.78, 5) is 17.1. The van der Waals surface area contributed by atoms with Crippen molar-refractivity contribution >= 4 is 11.7 Å². The first-order valence-electron chi connectivity index (χ1n) is 11.0. The van der Waals surface area contributed by atoms with E-state index in [0.717, 1.165) is 30.6 Å². The van der Waals surface area contributed by atoms with Gasteiger partial charge in [-0.2, -0.15) is 5.10 Å². The summed E-state index contributed by atoms with van der Waals surface area (Å²) < 4.78 is 28.9. The number of aromatic nitrogens is 2. The standard InChI is InChI=1S/C23H31F2N5O/c1-15-11-21-26-19(12-20(22(24)25)30(21)27-15)18-5-4-10-29(14-18)23(31)17-8-6-16(7-9-17)13-28(2)3/h6-9,11,18-20,22,26H,4-5,10,12-14H2,1-3H3/t18-,19+,20-/m1/s1. The molecule has 0 spiro atoms. The number of halogens is 2. The highest BCUT2D eigenvalue weighted by molar-refractivity contribution is 5.94. The lowest BCUT2D eigenvalue weighted by Crippen LogP contribution is -2.48. The van der Waals surface area contributed by atoms with E-state index in [1.54, 1.807) is 0 Å². The molecule has 0 aliphatic carbocycles. The molecule has 0 radical (unpaired) electrons. The van der Waals surface area contributed by atoms with Gasteiger partial charge < -0.3 is 15.1 Å². The van der Waals surface area contributed by atoms with Crippen molar-refractivity contribution in [3.8, 4) is 0 Å². The average Bonchev–Trinajstić information content (AvgIpc) is 3.12. The third kappa shape index (κ3) is 4.74. The highest BCUT2D eigenvalue weighted by Crippen LogP contribution is 2.36. The van der Waals surface area contributed by atoms with Crippen molar-refractivity contribution in [1.82, 2.24) is 19.6 Å². The fourth-order valence-corrected chi connectivity index (χ4v) is 4.83. The Morgan fingerprint density at radius 2 is 2.03 bits per heavy atom. The molecule has 2 aliphatic heterocycles. The Kier molecular flexibility index (Phi) is 6.27. The Hall–Kier alpha value is -2.48. The van der Waals surface area contributed by atoms with Crippen LogP contribution in [-0.2, 0) is 6.54 Å². The van der Waals surface area contributed by atoms with Crippen LogP contribution in [0.2, 0.25) is 0 Å². The van der Waals surface area contributed by atoms with Gasteiger partial charge in [-0.1, -0.05) is 12.1 Å². The molecule has 0 bridgehead atoms. The van der Waals surface area contributed by atoms with Crippen LogP contribution >= 0.6 is 0 Å². The number of hydrogen-bond donors (Lipinski definition) is 1. The lowest BCUT2D eigenvalue weighted by atomic mass is 9.85. The van der Waals surface area contributed by atoms with Crippen molar-refractivity contribution in [2.75, 3.05) is 32.5 Å². The van der Waals surface area contributed by atoms with Crippen molar-refractivity contribution < 1.29 is 13.6 Å². The largest absolute Gasteiger partial charge is 0.367 e. The Balaban J connectivity index is 1.45. The Morgan fingerprint density at radius 3 is 2.71 bits per heavy atom. The normalized spacial score (nSPS) is 23.7. The van der Waals surface area contributed by atoms with E-state index in [1.165, 1.54) is 4.68 Å². The summed E-state index contributed by atoms with van der Waals surface area (Å²) in [6.45, 7) is 3.93. The molecule has 0 unspecified atom stereocenters. The van der Waals surface area contributed by atoms with Crippen LogP contribution in [0, 0.1) is 12.8 Å². The molecule has 6 nitrogen and oxygen atoms in total. The molecule has 0 saturated carbocycles. The quantitative estimate of drug-likeness (QED) is 0.783. The number of carbonyl (C=O) groups is 1. The second-order valence-electron chi connectivity index (χ2n) is 9.09. The molecule has 4 rings (SSSR count). The highest BCUT2D eigenvalue weighted by atomic mass is 19.3. The smallest absolute Gasteiger partial charge is 0.260 e. The number of amides is 1. The molecule has 3 atom stereocenters. The third-order valence-corrected chi connectivity index (χ3v) is 6.31. The summed E-state index contributed by atoms with van der Waals surface area (Å²) >= 11 is 0. The number of carbonyl (C=O) groups excluding carboxylic acids is 1. The maximum Gasteiger partial charge on any atom is 0.260 e. The fourth-order valence-electron chi connectivity index (χ4n) is 4.83. The van der Waals surface area contributed by atoms with Gasteiger partial charge in [0.05, 0.1) is 5.69 Å². The predicted octanol–water partition coefficient (Wildman–Crippen LogP) is 3.80. The van der Waals surface area contributed by atoms with Crippen molar-refractivity contribution in [1.29, 1.82) is 0 Å². The molecule has 1 aromatic heterocycles. The number of rotatable bonds is 5. The van der Waals surface area contributed by atoms with Gasteiger partial charge in [0.15, 0.2) is 0 Å². The molecule has 1 amide bonds. The van der Waals surface area contributed by atoms with E-state index in [1.807, 2.05) is 56.3 Å². The molecule has 2 aromatic rings. The first-order valence-corrected chi connectivity index (χ1v) is 11.0. The number of nitrogens with one attached hydrogen (secondary N) is 1. The Bertz CT molecular complexity index is 911. The van der Waals surface area contributed by atoms with Gasteiger partial charge >= 0.3 is 0 Å². The van der Waals surface area contributed by atoms with Crippen molar-refractivity contribution in [2.24, 2.45) is 5.92 Å². The Morgan fingerprint density at radius 1 is 1.29 bits per heavy atom. The minimum Gasteiger partial charge on any atom is -0.367 e. The summed E-state index contributed by atoms with van der Waals surface area (Å²) in [5.41, 5.74) is 2.57. The van der Waals surface area contributed by atoms with Gasteiger partial charge in [-0.05, 0) is 63.9 Å². The second kappa shape index (κ2) is 8.94. The zero-order valence-corrected chi connectivity index (χ0v) is 18.4. The summed E-state index contributed by atoms with van der Waals surface area (Å²) in [5.74, 6) is 0.804. The second-order valence-corrected chi connectivity index (χ2v) is 9.09. The number of aryl methyl sites for hydroxylation is 1. The van der Waals surface area contributed by atoms with E-state index in [9.17, 15) is 13.6 Å². The van der Waals surface area contributed by atoms with Crippen molar-refractivity contribution in [2.45, 2.75) is 51.2 Å². The minimum absolute atomic E-state index is 0.0169. The van der Waals surface area contributed by atoms with Gasteiger partial charge in [-0.15, -0.1) is 0 Å². The molecule has 31 heavy (non-hydrogen) atoms. The SMILES string of the molecule is Cc1cc2n(n1)[C@@H](C(F)F)C[C@@H]([C@@H]1CCCN(C(=O)c3ccc(CN(C)C)cc3)C1)N2. The van der Waals surface area contributed by atoms with Crippen LogP contribution in [0.1, 0.15) is 46.9 Å². The molecule has 1 aromatic carbocycles. The molecule has 8 heteroatoms. The van der Waals surface area contributed by atoms with E-state index in [2.05, 4.69) is 15.3 Å². The molecule has 2 aliphatic rings. The molecule has 3 heterocycles. The van der Waals surface area contributed by atoms with Crippen LogP contribution in [-0.4, -0.2) is 65.1 Å². The van der Waals surface area contributed by atoms with E-state index in [4.69, 9.17) is 0 Å². The van der Waals surface area contributed by atoms with Crippen molar-refractivity contribution in [3.05, 3.63) is 47.2 Å². The average molecular weight is 432 g/mol. The van der Waals surface area contributed by atoms with E-state index in [0.29, 0.717) is 30.9 Å². The summed E-state index contributed by atoms with van der Waals surface area (Å²) in [5, 5.41) is 7.67. The van der Waals surface area contributed by atoms with Gasteiger partial charge in [0, 0.05) is 37.3 Å². The van der Waals surface area contributed by atoms with Gasteiger partial charge in [0.2, 0.25) is 0 Å². The molecular weight excluding hydrogens is 400 g/mol. The lowest BCUT2D eigenvalue weighted by Gasteiger charge is -2.41. The topological polar surface area (TPSA) is 53.4 Å². The number of fused-ring (bicyclic) bond motifs is 1. The lowest BCUT2D eigenvalue weighted by molar-refractivity contribution is 0.0505. The number of piperidine rings is 1. The fraction of sp³-hybridized carbons (Fsp3) is 0.565. The van der Waals surface area contributed by atoms with Crippen LogP contribution in [0.3, 0.4) is 0 Å². The van der Waals surface area contributed by atoms with Gasteiger partial charge in [0.25, 0.3) is 12.3 Å². The van der Waals surface area contributed by atoms with Crippen LogP contribution in [0.4, 0.5) is 14.6 Å². The number of benzene rings is 1. The molecule has 168 valence electrons. The highest BCUT2D eigenvalue weighted by Gasteiger charge is 2.38. The minimum atomic E-state index is -2.47. The van der Waals surface area contributed by atoms with Gasteiger partial charge in [0.1, 0.15) is 11.9 Å². The van der Waals surface area contributed by atoms with Crippen LogP contribution in [0.15, 0.2) is 30.3 Å². The van der Waals surface area contributed by atoms with Gasteiger partial charge in [-0.3, -0.25) is 4.79 Å². The van der Waals surface area contributed by atoms with Crippen molar-refractivity contribution in [3.63, 3.8) is 0 Å². The predicted molar refractivity (Wildman–Crippen MR) is 116 cm³/mol. The molecule has 1 N–H and O–H groups in total. The number of nitrogens with zero attached hydrogens (tertiary/aromatic N) is 4. The monoisotopic (exact) mass is 431 g/mol. The first-order chi connectivity index (χ1) is 14.8.